The molecule has 0 saturated heterocycles. The van der Waals surface area contributed by atoms with E-state index in [0.717, 1.165) is 31.7 Å². The minimum Gasteiger partial charge on any atom is -0.494 e. The lowest BCUT2D eigenvalue weighted by Gasteiger charge is -2.33. The van der Waals surface area contributed by atoms with Gasteiger partial charge in [-0.3, -0.25) is 0 Å². The molecule has 1 aromatic carbocycles. The molecule has 0 aromatic heterocycles. The summed E-state index contributed by atoms with van der Waals surface area (Å²) < 4.78 is 5.81. The zero-order valence-corrected chi connectivity index (χ0v) is 13.1. The summed E-state index contributed by atoms with van der Waals surface area (Å²) in [6, 6.07) is 10.1. The second-order valence-electron chi connectivity index (χ2n) is 6.68. The smallest absolute Gasteiger partial charge is 0.119 e. The van der Waals surface area contributed by atoms with Gasteiger partial charge in [-0.1, -0.05) is 32.0 Å². The van der Waals surface area contributed by atoms with Crippen molar-refractivity contribution in [1.82, 2.24) is 5.32 Å². The molecular weight excluding hydrogens is 234 g/mol. The Morgan fingerprint density at radius 3 is 2.21 bits per heavy atom. The highest BCUT2D eigenvalue weighted by Crippen LogP contribution is 2.26. The number of ether oxygens (including phenoxy) is 1. The van der Waals surface area contributed by atoms with E-state index in [1.807, 2.05) is 30.3 Å². The van der Waals surface area contributed by atoms with Crippen molar-refractivity contribution >= 4 is 0 Å². The van der Waals surface area contributed by atoms with E-state index >= 15 is 0 Å². The summed E-state index contributed by atoms with van der Waals surface area (Å²) in [6.45, 7) is 13.0. The summed E-state index contributed by atoms with van der Waals surface area (Å²) in [5, 5.41) is 3.61. The highest BCUT2D eigenvalue weighted by molar-refractivity contribution is 5.20. The van der Waals surface area contributed by atoms with E-state index in [-0.39, 0.29) is 5.54 Å². The zero-order chi connectivity index (χ0) is 14.4. The second-order valence-corrected chi connectivity index (χ2v) is 6.68. The molecule has 0 fully saturated rings. The van der Waals surface area contributed by atoms with Crippen molar-refractivity contribution < 1.29 is 4.74 Å². The van der Waals surface area contributed by atoms with E-state index in [4.69, 9.17) is 4.74 Å². The molecule has 1 unspecified atom stereocenters. The minimum atomic E-state index is 0.177. The van der Waals surface area contributed by atoms with Gasteiger partial charge >= 0.3 is 0 Å². The maximum Gasteiger partial charge on any atom is 0.119 e. The standard InChI is InChI=1S/C17H29NO/c1-6-17(5,14-18-16(2,3)4)12-13-19-15-10-8-7-9-11-15/h7-11,18H,6,12-14H2,1-5H3. The summed E-state index contributed by atoms with van der Waals surface area (Å²) in [5.41, 5.74) is 0.471. The normalized spacial score (nSPS) is 15.0. The van der Waals surface area contributed by atoms with Crippen LogP contribution in [0.3, 0.4) is 0 Å². The maximum atomic E-state index is 5.81. The Labute approximate surface area is 118 Å². The van der Waals surface area contributed by atoms with Gasteiger partial charge in [0.25, 0.3) is 0 Å². The van der Waals surface area contributed by atoms with Crippen LogP contribution < -0.4 is 10.1 Å². The highest BCUT2D eigenvalue weighted by Gasteiger charge is 2.24. The SMILES string of the molecule is CCC(C)(CCOc1ccccc1)CNC(C)(C)C. The third kappa shape index (κ3) is 6.63. The first-order chi connectivity index (χ1) is 8.85. The molecule has 19 heavy (non-hydrogen) atoms. The van der Waals surface area contributed by atoms with Crippen LogP contribution in [0.25, 0.3) is 0 Å². The second kappa shape index (κ2) is 6.95. The average Bonchev–Trinajstić information content (AvgIpc) is 2.37. The van der Waals surface area contributed by atoms with E-state index in [0.29, 0.717) is 5.41 Å². The molecule has 1 rings (SSSR count). The van der Waals surface area contributed by atoms with Gasteiger partial charge in [0.05, 0.1) is 6.61 Å². The van der Waals surface area contributed by atoms with Crippen LogP contribution in [0.1, 0.15) is 47.5 Å². The van der Waals surface area contributed by atoms with Crippen LogP contribution in [0.2, 0.25) is 0 Å². The molecule has 1 atom stereocenters. The third-order valence-corrected chi connectivity index (χ3v) is 3.62. The number of rotatable bonds is 7. The maximum absolute atomic E-state index is 5.81. The predicted molar refractivity (Wildman–Crippen MR) is 82.7 cm³/mol. The molecule has 0 aliphatic heterocycles. The number of benzene rings is 1. The van der Waals surface area contributed by atoms with Gasteiger partial charge in [0.1, 0.15) is 5.75 Å². The molecular formula is C17H29NO. The van der Waals surface area contributed by atoms with Crippen LogP contribution >= 0.6 is 0 Å². The molecule has 1 aromatic rings. The predicted octanol–water partition coefficient (Wildman–Crippen LogP) is 4.26. The Morgan fingerprint density at radius 1 is 1.05 bits per heavy atom. The Morgan fingerprint density at radius 2 is 1.68 bits per heavy atom. The molecule has 0 amide bonds. The quantitative estimate of drug-likeness (QED) is 0.793. The van der Waals surface area contributed by atoms with E-state index in [1.54, 1.807) is 0 Å². The van der Waals surface area contributed by atoms with Gasteiger partial charge in [0, 0.05) is 12.1 Å². The monoisotopic (exact) mass is 263 g/mol. The Hall–Kier alpha value is -1.02. The number of nitrogens with one attached hydrogen (secondary N) is 1. The summed E-state index contributed by atoms with van der Waals surface area (Å²) in [7, 11) is 0. The van der Waals surface area contributed by atoms with Gasteiger partial charge in [0.2, 0.25) is 0 Å². The molecule has 0 radical (unpaired) electrons. The van der Waals surface area contributed by atoms with Crippen LogP contribution in [0.15, 0.2) is 30.3 Å². The lowest BCUT2D eigenvalue weighted by Crippen LogP contribution is -2.43. The van der Waals surface area contributed by atoms with Crippen molar-refractivity contribution in [2.24, 2.45) is 5.41 Å². The van der Waals surface area contributed by atoms with Gasteiger partial charge < -0.3 is 10.1 Å². The van der Waals surface area contributed by atoms with E-state index in [1.165, 1.54) is 0 Å². The van der Waals surface area contributed by atoms with E-state index in [9.17, 15) is 0 Å². The van der Waals surface area contributed by atoms with Crippen molar-refractivity contribution in [2.45, 2.75) is 53.0 Å². The van der Waals surface area contributed by atoms with Crippen molar-refractivity contribution in [3.63, 3.8) is 0 Å². The van der Waals surface area contributed by atoms with Gasteiger partial charge in [-0.15, -0.1) is 0 Å². The first-order valence-electron chi connectivity index (χ1n) is 7.27. The van der Waals surface area contributed by atoms with E-state index in [2.05, 4.69) is 39.9 Å². The Kier molecular flexibility index (Phi) is 5.86. The van der Waals surface area contributed by atoms with Gasteiger partial charge in [-0.2, -0.15) is 0 Å². The molecule has 0 heterocycles. The Bertz CT molecular complexity index is 355. The molecule has 0 aliphatic carbocycles. The minimum absolute atomic E-state index is 0.177. The summed E-state index contributed by atoms with van der Waals surface area (Å²) >= 11 is 0. The van der Waals surface area contributed by atoms with Crippen LogP contribution in [0.4, 0.5) is 0 Å². The molecule has 1 N–H and O–H groups in total. The van der Waals surface area contributed by atoms with Crippen molar-refractivity contribution in [2.75, 3.05) is 13.2 Å². The number of hydrogen-bond acceptors (Lipinski definition) is 2. The summed E-state index contributed by atoms with van der Waals surface area (Å²) in [6.07, 6.45) is 2.23. The lowest BCUT2D eigenvalue weighted by atomic mass is 9.83. The van der Waals surface area contributed by atoms with Crippen LogP contribution in [-0.2, 0) is 0 Å². The largest absolute Gasteiger partial charge is 0.494 e. The van der Waals surface area contributed by atoms with Gasteiger partial charge in [-0.05, 0) is 51.2 Å². The van der Waals surface area contributed by atoms with Gasteiger partial charge in [0.15, 0.2) is 0 Å². The van der Waals surface area contributed by atoms with Crippen LogP contribution in [-0.4, -0.2) is 18.7 Å². The highest BCUT2D eigenvalue weighted by atomic mass is 16.5. The molecule has 2 nitrogen and oxygen atoms in total. The molecule has 2 heteroatoms. The fraction of sp³-hybridized carbons (Fsp3) is 0.647. The third-order valence-electron chi connectivity index (χ3n) is 3.62. The molecule has 0 spiro atoms. The fourth-order valence-electron chi connectivity index (χ4n) is 1.80. The van der Waals surface area contributed by atoms with Gasteiger partial charge in [-0.25, -0.2) is 0 Å². The topological polar surface area (TPSA) is 21.3 Å². The van der Waals surface area contributed by atoms with E-state index < -0.39 is 0 Å². The van der Waals surface area contributed by atoms with Crippen molar-refractivity contribution in [1.29, 1.82) is 0 Å². The fourth-order valence-corrected chi connectivity index (χ4v) is 1.80. The van der Waals surface area contributed by atoms with Crippen molar-refractivity contribution in [3.05, 3.63) is 30.3 Å². The molecule has 0 bridgehead atoms. The first-order valence-corrected chi connectivity index (χ1v) is 7.27. The van der Waals surface area contributed by atoms with Crippen LogP contribution in [0, 0.1) is 5.41 Å². The molecule has 0 aliphatic rings. The lowest BCUT2D eigenvalue weighted by molar-refractivity contribution is 0.187. The Balaban J connectivity index is 2.39. The number of hydrogen-bond donors (Lipinski definition) is 1. The first kappa shape index (κ1) is 16.0. The average molecular weight is 263 g/mol. The van der Waals surface area contributed by atoms with Crippen molar-refractivity contribution in [3.8, 4) is 5.75 Å². The molecule has 108 valence electrons. The number of para-hydroxylation sites is 1. The summed E-state index contributed by atoms with van der Waals surface area (Å²) in [5.74, 6) is 0.963. The molecule has 0 saturated carbocycles. The summed E-state index contributed by atoms with van der Waals surface area (Å²) in [4.78, 5) is 0. The zero-order valence-electron chi connectivity index (χ0n) is 13.1. The van der Waals surface area contributed by atoms with Crippen LogP contribution in [0.5, 0.6) is 5.75 Å².